The van der Waals surface area contributed by atoms with Gasteiger partial charge < -0.3 is 15.0 Å². The number of hydrogen-bond donors (Lipinski definition) is 1. The second-order valence-corrected chi connectivity index (χ2v) is 5.51. The third-order valence-corrected chi connectivity index (χ3v) is 3.71. The zero-order valence-electron chi connectivity index (χ0n) is 12.0. The maximum atomic E-state index is 12.4. The smallest absolute Gasteiger partial charge is 0.248 e. The molecule has 1 N–H and O–H groups in total. The first-order chi connectivity index (χ1) is 8.29. The quantitative estimate of drug-likeness (QED) is 0.744. The summed E-state index contributed by atoms with van der Waals surface area (Å²) in [5.74, 6) is -0.102. The summed E-state index contributed by atoms with van der Waals surface area (Å²) >= 11 is 0. The van der Waals surface area contributed by atoms with Gasteiger partial charge in [-0.3, -0.25) is 9.59 Å². The Bertz CT molecular complexity index is 341. The van der Waals surface area contributed by atoms with Gasteiger partial charge >= 0.3 is 0 Å². The second-order valence-electron chi connectivity index (χ2n) is 5.51. The first kappa shape index (κ1) is 15.0. The van der Waals surface area contributed by atoms with Crippen LogP contribution < -0.4 is 5.32 Å². The Hall–Kier alpha value is -1.10. The zero-order chi connectivity index (χ0) is 14.0. The van der Waals surface area contributed by atoms with Crippen LogP contribution in [0.5, 0.6) is 0 Å². The van der Waals surface area contributed by atoms with Crippen LogP contribution in [0.1, 0.15) is 40.5 Å². The average molecular weight is 256 g/mol. The summed E-state index contributed by atoms with van der Waals surface area (Å²) < 4.78 is 5.01. The molecule has 2 amide bonds. The molecule has 104 valence electrons. The first-order valence-electron chi connectivity index (χ1n) is 6.43. The van der Waals surface area contributed by atoms with Crippen molar-refractivity contribution in [3.8, 4) is 0 Å². The molecule has 0 aromatic carbocycles. The number of rotatable bonds is 5. The Morgan fingerprint density at radius 3 is 2.39 bits per heavy atom. The van der Waals surface area contributed by atoms with Crippen LogP contribution in [0.2, 0.25) is 0 Å². The standard InChI is InChI=1S/C13H24N2O3/c1-6-13(4)10(16)14-12(2,3)11(17)15(13)8-7-9-18-5/h6-9H2,1-5H3,(H,14,16). The largest absolute Gasteiger partial charge is 0.385 e. The molecule has 0 aliphatic carbocycles. The van der Waals surface area contributed by atoms with Gasteiger partial charge in [0.2, 0.25) is 11.8 Å². The van der Waals surface area contributed by atoms with Gasteiger partial charge in [0.15, 0.2) is 0 Å². The predicted octanol–water partition coefficient (Wildman–Crippen LogP) is 0.929. The van der Waals surface area contributed by atoms with Crippen molar-refractivity contribution in [2.45, 2.75) is 51.6 Å². The molecule has 18 heavy (non-hydrogen) atoms. The third kappa shape index (κ3) is 2.51. The Kier molecular flexibility index (Phi) is 4.37. The highest BCUT2D eigenvalue weighted by atomic mass is 16.5. The number of carbonyl (C=O) groups excluding carboxylic acids is 2. The van der Waals surface area contributed by atoms with Crippen LogP contribution in [0, 0.1) is 0 Å². The fourth-order valence-corrected chi connectivity index (χ4v) is 2.22. The van der Waals surface area contributed by atoms with Crippen LogP contribution in [0.25, 0.3) is 0 Å². The number of piperazine rings is 1. The van der Waals surface area contributed by atoms with E-state index in [1.807, 2.05) is 13.8 Å². The van der Waals surface area contributed by atoms with E-state index in [-0.39, 0.29) is 11.8 Å². The lowest BCUT2D eigenvalue weighted by atomic mass is 9.86. The molecule has 1 unspecified atom stereocenters. The lowest BCUT2D eigenvalue weighted by molar-refractivity contribution is -0.161. The molecular formula is C13H24N2O3. The van der Waals surface area contributed by atoms with E-state index in [2.05, 4.69) is 5.32 Å². The molecule has 0 saturated carbocycles. The van der Waals surface area contributed by atoms with Gasteiger partial charge in [-0.1, -0.05) is 6.92 Å². The van der Waals surface area contributed by atoms with Crippen LogP contribution in [0.4, 0.5) is 0 Å². The van der Waals surface area contributed by atoms with Crippen LogP contribution >= 0.6 is 0 Å². The van der Waals surface area contributed by atoms with Gasteiger partial charge in [0.05, 0.1) is 0 Å². The maximum Gasteiger partial charge on any atom is 0.248 e. The summed E-state index contributed by atoms with van der Waals surface area (Å²) in [4.78, 5) is 26.3. The van der Waals surface area contributed by atoms with Gasteiger partial charge in [-0.25, -0.2) is 0 Å². The minimum absolute atomic E-state index is 0.0254. The number of nitrogens with one attached hydrogen (secondary N) is 1. The molecule has 1 aliphatic heterocycles. The fourth-order valence-electron chi connectivity index (χ4n) is 2.22. The van der Waals surface area contributed by atoms with E-state index >= 15 is 0 Å². The van der Waals surface area contributed by atoms with Gasteiger partial charge in [-0.2, -0.15) is 0 Å². The van der Waals surface area contributed by atoms with Crippen LogP contribution in [0.3, 0.4) is 0 Å². The molecule has 5 heteroatoms. The molecule has 0 spiro atoms. The van der Waals surface area contributed by atoms with Gasteiger partial charge in [0, 0.05) is 20.3 Å². The van der Waals surface area contributed by atoms with Gasteiger partial charge in [-0.05, 0) is 33.6 Å². The molecule has 0 aromatic rings. The van der Waals surface area contributed by atoms with Gasteiger partial charge in [-0.15, -0.1) is 0 Å². The number of methoxy groups -OCH3 is 1. The SMILES string of the molecule is CCC1(C)C(=O)NC(C)(C)C(=O)N1CCCOC. The molecule has 1 heterocycles. The van der Waals surface area contributed by atoms with E-state index in [4.69, 9.17) is 4.74 Å². The van der Waals surface area contributed by atoms with Crippen molar-refractivity contribution in [1.29, 1.82) is 0 Å². The number of carbonyl (C=O) groups is 2. The van der Waals surface area contributed by atoms with Crippen molar-refractivity contribution in [2.24, 2.45) is 0 Å². The summed E-state index contributed by atoms with van der Waals surface area (Å²) in [7, 11) is 1.63. The Morgan fingerprint density at radius 2 is 1.89 bits per heavy atom. The minimum atomic E-state index is -0.821. The van der Waals surface area contributed by atoms with Crippen LogP contribution in [-0.4, -0.2) is 48.1 Å². The average Bonchev–Trinajstić information content (AvgIpc) is 2.31. The van der Waals surface area contributed by atoms with Crippen molar-refractivity contribution in [3.05, 3.63) is 0 Å². The Labute approximate surface area is 109 Å². The van der Waals surface area contributed by atoms with E-state index in [1.54, 1.807) is 25.9 Å². The predicted molar refractivity (Wildman–Crippen MR) is 69.1 cm³/mol. The van der Waals surface area contributed by atoms with Crippen molar-refractivity contribution in [3.63, 3.8) is 0 Å². The molecule has 0 bridgehead atoms. The molecule has 1 rings (SSSR count). The summed E-state index contributed by atoms with van der Waals surface area (Å²) in [5.41, 5.74) is -1.57. The molecule has 1 saturated heterocycles. The Morgan fingerprint density at radius 1 is 1.28 bits per heavy atom. The topological polar surface area (TPSA) is 58.6 Å². The lowest BCUT2D eigenvalue weighted by Crippen LogP contribution is -2.73. The van der Waals surface area contributed by atoms with E-state index in [1.165, 1.54) is 0 Å². The molecule has 0 radical (unpaired) electrons. The molecule has 0 aromatic heterocycles. The number of nitrogens with zero attached hydrogens (tertiary/aromatic N) is 1. The monoisotopic (exact) mass is 256 g/mol. The van der Waals surface area contributed by atoms with Gasteiger partial charge in [0.25, 0.3) is 0 Å². The van der Waals surface area contributed by atoms with Crippen LogP contribution in [0.15, 0.2) is 0 Å². The minimum Gasteiger partial charge on any atom is -0.385 e. The first-order valence-corrected chi connectivity index (χ1v) is 6.43. The third-order valence-electron chi connectivity index (χ3n) is 3.71. The van der Waals surface area contributed by atoms with E-state index in [0.29, 0.717) is 19.6 Å². The number of amides is 2. The number of ether oxygens (including phenoxy) is 1. The molecular weight excluding hydrogens is 232 g/mol. The van der Waals surface area contributed by atoms with Crippen molar-refractivity contribution in [1.82, 2.24) is 10.2 Å². The molecule has 1 atom stereocenters. The molecule has 1 aliphatic rings. The van der Waals surface area contributed by atoms with Crippen molar-refractivity contribution < 1.29 is 14.3 Å². The summed E-state index contributed by atoms with van der Waals surface area (Å²) in [6, 6.07) is 0. The van der Waals surface area contributed by atoms with Crippen LogP contribution in [-0.2, 0) is 14.3 Å². The summed E-state index contributed by atoms with van der Waals surface area (Å²) in [5, 5.41) is 2.81. The highest BCUT2D eigenvalue weighted by Crippen LogP contribution is 2.28. The summed E-state index contributed by atoms with van der Waals surface area (Å²) in [6.45, 7) is 8.37. The zero-order valence-corrected chi connectivity index (χ0v) is 12.0. The highest BCUT2D eigenvalue weighted by molar-refractivity contribution is 6.01. The molecule has 1 fully saturated rings. The lowest BCUT2D eigenvalue weighted by Gasteiger charge is -2.49. The molecule has 5 nitrogen and oxygen atoms in total. The van der Waals surface area contributed by atoms with Crippen molar-refractivity contribution in [2.75, 3.05) is 20.3 Å². The van der Waals surface area contributed by atoms with E-state index in [0.717, 1.165) is 6.42 Å². The second kappa shape index (κ2) is 5.26. The summed E-state index contributed by atoms with van der Waals surface area (Å²) in [6.07, 6.45) is 1.34. The number of hydrogen-bond acceptors (Lipinski definition) is 3. The van der Waals surface area contributed by atoms with E-state index < -0.39 is 11.1 Å². The Balaban J connectivity index is 2.95. The maximum absolute atomic E-state index is 12.4. The normalized spacial score (nSPS) is 27.3. The fraction of sp³-hybridized carbons (Fsp3) is 0.846. The van der Waals surface area contributed by atoms with Crippen molar-refractivity contribution >= 4 is 11.8 Å². The highest BCUT2D eigenvalue weighted by Gasteiger charge is 2.51. The van der Waals surface area contributed by atoms with E-state index in [9.17, 15) is 9.59 Å². The van der Waals surface area contributed by atoms with Gasteiger partial charge in [0.1, 0.15) is 11.1 Å².